The van der Waals surface area contributed by atoms with Gasteiger partial charge in [0.1, 0.15) is 23.3 Å². The number of hydrogen-bond donors (Lipinski definition) is 1. The molecule has 3 aliphatic rings. The maximum Gasteiger partial charge on any atom is 0.493 e. The number of rotatable bonds is 6. The number of anilines is 2. The summed E-state index contributed by atoms with van der Waals surface area (Å²) in [6.07, 6.45) is -6.45. The van der Waals surface area contributed by atoms with Gasteiger partial charge in [0, 0.05) is 43.9 Å². The third-order valence-electron chi connectivity index (χ3n) is 8.36. The number of nitrogens with one attached hydrogen (secondary N) is 1. The topological polar surface area (TPSA) is 92.1 Å². The van der Waals surface area contributed by atoms with Crippen LogP contribution in [0.4, 0.5) is 42.2 Å². The predicted octanol–water partition coefficient (Wildman–Crippen LogP) is 2.58. The smallest absolute Gasteiger partial charge is 0.327 e. The number of carbonyl (C=O) groups is 1. The molecule has 4 heterocycles. The lowest BCUT2D eigenvalue weighted by molar-refractivity contribution is -0.203. The first kappa shape index (κ1) is 30.6. The summed E-state index contributed by atoms with van der Waals surface area (Å²) in [5.74, 6) is -6.76. The molecular weight excluding hydrogens is 617 g/mol. The second kappa shape index (κ2) is 11.2. The molecule has 2 aromatic carbocycles. The number of hydroxylamine groups is 1. The number of benzene rings is 2. The van der Waals surface area contributed by atoms with Gasteiger partial charge < -0.3 is 15.1 Å². The van der Waals surface area contributed by atoms with E-state index in [0.717, 1.165) is 52.9 Å². The molecule has 1 N–H and O–H groups in total. The summed E-state index contributed by atoms with van der Waals surface area (Å²) in [5, 5.41) is 3.66. The molecular formula is C28H25F7N6O4. The van der Waals surface area contributed by atoms with Gasteiger partial charge in [-0.05, 0) is 55.3 Å². The second-order valence-electron chi connectivity index (χ2n) is 11.1. The van der Waals surface area contributed by atoms with Crippen LogP contribution < -0.4 is 26.5 Å². The van der Waals surface area contributed by atoms with Gasteiger partial charge in [-0.3, -0.25) is 18.8 Å². The number of aromatic nitrogens is 2. The number of fused-ring (bicyclic) bond motifs is 2. The van der Waals surface area contributed by atoms with E-state index in [4.69, 9.17) is 4.84 Å². The molecule has 0 aliphatic carbocycles. The number of hydrogen-bond acceptors (Lipinski definition) is 8. The molecule has 2 fully saturated rings. The second-order valence-corrected chi connectivity index (χ2v) is 11.1. The Morgan fingerprint density at radius 1 is 0.956 bits per heavy atom. The van der Waals surface area contributed by atoms with Crippen molar-refractivity contribution in [2.24, 2.45) is 13.0 Å². The molecule has 0 bridgehead atoms. The van der Waals surface area contributed by atoms with E-state index in [1.807, 2.05) is 0 Å². The zero-order valence-corrected chi connectivity index (χ0v) is 23.5. The van der Waals surface area contributed by atoms with Crippen LogP contribution >= 0.6 is 0 Å². The Morgan fingerprint density at radius 3 is 2.20 bits per heavy atom. The lowest BCUT2D eigenvalue weighted by Gasteiger charge is -2.39. The number of halogens is 7. The summed E-state index contributed by atoms with van der Waals surface area (Å²) in [7, 11) is 1.08. The van der Waals surface area contributed by atoms with Crippen molar-refractivity contribution in [1.82, 2.24) is 19.4 Å². The highest BCUT2D eigenvalue weighted by atomic mass is 19.4. The number of nitrogens with zero attached hydrogens (tertiary/aromatic N) is 5. The van der Waals surface area contributed by atoms with Crippen LogP contribution in [0.25, 0.3) is 0 Å². The highest BCUT2D eigenvalue weighted by molar-refractivity contribution is 5.80. The minimum atomic E-state index is -5.49. The molecule has 3 unspecified atom stereocenters. The average molecular weight is 643 g/mol. The van der Waals surface area contributed by atoms with Crippen molar-refractivity contribution in [3.05, 3.63) is 91.6 Å². The first-order valence-electron chi connectivity index (χ1n) is 13.8. The van der Waals surface area contributed by atoms with E-state index < -0.39 is 77.5 Å². The molecule has 0 saturated carbocycles. The molecule has 3 aromatic rings. The summed E-state index contributed by atoms with van der Waals surface area (Å²) < 4.78 is 99.7. The fourth-order valence-corrected chi connectivity index (χ4v) is 6.29. The molecule has 2 saturated heterocycles. The van der Waals surface area contributed by atoms with Crippen LogP contribution in [-0.2, 0) is 29.8 Å². The fourth-order valence-electron chi connectivity index (χ4n) is 6.29. The zero-order valence-electron chi connectivity index (χ0n) is 23.5. The first-order valence-corrected chi connectivity index (χ1v) is 13.8. The quantitative estimate of drug-likeness (QED) is 0.411. The molecule has 45 heavy (non-hydrogen) atoms. The number of carbonyl (C=O) groups excluding carboxylic acids is 1. The van der Waals surface area contributed by atoms with Crippen LogP contribution in [0.5, 0.6) is 0 Å². The summed E-state index contributed by atoms with van der Waals surface area (Å²) in [6, 6.07) is 4.57. The lowest BCUT2D eigenvalue weighted by atomic mass is 10.1. The molecule has 3 atom stereocenters. The minimum absolute atomic E-state index is 0.0260. The van der Waals surface area contributed by atoms with Gasteiger partial charge in [-0.2, -0.15) is 13.2 Å². The molecule has 6 rings (SSSR count). The summed E-state index contributed by atoms with van der Waals surface area (Å²) in [4.78, 5) is 47.5. The SMILES string of the molecule is Cn1c2c(c(=O)n(Cc3cc(F)ccc3F)c1=O)N(Cc1cc(F)ccc1F)C(N1CCC3CNCC31)N2OC(=O)C(F)(F)F. The summed E-state index contributed by atoms with van der Waals surface area (Å²) in [5.41, 5.74) is -3.52. The van der Waals surface area contributed by atoms with Gasteiger partial charge in [0.25, 0.3) is 5.56 Å². The molecule has 240 valence electrons. The van der Waals surface area contributed by atoms with Crippen molar-refractivity contribution in [2.75, 3.05) is 29.6 Å². The average Bonchev–Trinajstić information content (AvgIpc) is 3.67. The highest BCUT2D eigenvalue weighted by Crippen LogP contribution is 2.43. The van der Waals surface area contributed by atoms with E-state index in [9.17, 15) is 45.1 Å². The largest absolute Gasteiger partial charge is 0.493 e. The van der Waals surface area contributed by atoms with E-state index in [-0.39, 0.29) is 29.6 Å². The van der Waals surface area contributed by atoms with Gasteiger partial charge in [-0.15, -0.1) is 5.06 Å². The van der Waals surface area contributed by atoms with Crippen LogP contribution in [0.3, 0.4) is 0 Å². The van der Waals surface area contributed by atoms with Crippen molar-refractivity contribution in [3.63, 3.8) is 0 Å². The maximum atomic E-state index is 15.0. The minimum Gasteiger partial charge on any atom is -0.327 e. The van der Waals surface area contributed by atoms with E-state index in [0.29, 0.717) is 29.1 Å². The molecule has 17 heteroatoms. The predicted molar refractivity (Wildman–Crippen MR) is 144 cm³/mol. The number of likely N-dealkylation sites (tertiary alicyclic amines) is 1. The highest BCUT2D eigenvalue weighted by Gasteiger charge is 2.54. The van der Waals surface area contributed by atoms with Gasteiger partial charge >= 0.3 is 17.8 Å². The molecule has 0 spiro atoms. The monoisotopic (exact) mass is 642 g/mol. The Bertz CT molecular complexity index is 1790. The Hall–Kier alpha value is -4.38. The normalized spacial score (nSPS) is 21.4. The zero-order chi connectivity index (χ0) is 32.4. The van der Waals surface area contributed by atoms with E-state index in [2.05, 4.69) is 5.32 Å². The summed E-state index contributed by atoms with van der Waals surface area (Å²) in [6.45, 7) is -0.205. The Balaban J connectivity index is 1.58. The van der Waals surface area contributed by atoms with Gasteiger partial charge in [-0.25, -0.2) is 27.2 Å². The van der Waals surface area contributed by atoms with Gasteiger partial charge in [0.2, 0.25) is 0 Å². The molecule has 3 aliphatic heterocycles. The van der Waals surface area contributed by atoms with E-state index in [1.165, 1.54) is 0 Å². The number of alkyl halides is 3. The summed E-state index contributed by atoms with van der Waals surface area (Å²) >= 11 is 0. The molecule has 10 nitrogen and oxygen atoms in total. The van der Waals surface area contributed by atoms with Crippen molar-refractivity contribution >= 4 is 17.5 Å². The third-order valence-corrected chi connectivity index (χ3v) is 8.36. The fraction of sp³-hybridized carbons (Fsp3) is 0.393. The van der Waals surface area contributed by atoms with E-state index >= 15 is 0 Å². The van der Waals surface area contributed by atoms with Crippen LogP contribution in [0.15, 0.2) is 46.0 Å². The van der Waals surface area contributed by atoms with Crippen LogP contribution in [0.1, 0.15) is 17.5 Å². The van der Waals surface area contributed by atoms with Crippen molar-refractivity contribution in [1.29, 1.82) is 0 Å². The van der Waals surface area contributed by atoms with Gasteiger partial charge in [-0.1, -0.05) is 0 Å². The Labute approximate surface area is 249 Å². The van der Waals surface area contributed by atoms with Gasteiger partial charge in [0.15, 0.2) is 17.8 Å². The standard InChI is InChI=1S/C28H25F7N6O4/c1-37-23-22(24(42)40(27(37)44)13-16-9-18(30)3-5-20(16)32)39(12-15-8-17(29)2-4-19(15)31)26(41(23)45-25(43)28(33,34)35)38-7-6-14-10-36-11-21(14)38/h2-5,8-9,14,21,26,36H,6-7,10-13H2,1H3. The van der Waals surface area contributed by atoms with E-state index in [1.54, 1.807) is 4.90 Å². The van der Waals surface area contributed by atoms with Crippen molar-refractivity contribution in [2.45, 2.75) is 38.0 Å². The molecule has 0 radical (unpaired) electrons. The van der Waals surface area contributed by atoms with Crippen LogP contribution in [0.2, 0.25) is 0 Å². The van der Waals surface area contributed by atoms with Crippen LogP contribution in [0, 0.1) is 29.2 Å². The third kappa shape index (κ3) is 5.32. The maximum absolute atomic E-state index is 15.0. The molecule has 0 amide bonds. The Kier molecular flexibility index (Phi) is 7.63. The Morgan fingerprint density at radius 2 is 1.58 bits per heavy atom. The van der Waals surface area contributed by atoms with Crippen LogP contribution in [-0.4, -0.2) is 58.1 Å². The van der Waals surface area contributed by atoms with Crippen molar-refractivity contribution in [3.8, 4) is 0 Å². The lowest BCUT2D eigenvalue weighted by Crippen LogP contribution is -2.59. The van der Waals surface area contributed by atoms with Crippen molar-refractivity contribution < 1.29 is 40.4 Å². The van der Waals surface area contributed by atoms with Gasteiger partial charge in [0.05, 0.1) is 6.54 Å². The molecule has 1 aromatic heterocycles. The first-order chi connectivity index (χ1) is 21.3.